The van der Waals surface area contributed by atoms with Gasteiger partial charge in [0.05, 0.1) is 31.0 Å². The van der Waals surface area contributed by atoms with Crippen molar-refractivity contribution in [3.05, 3.63) is 83.4 Å². The van der Waals surface area contributed by atoms with Crippen LogP contribution >= 0.6 is 0 Å². The van der Waals surface area contributed by atoms with E-state index in [1.165, 1.54) is 23.4 Å². The molecule has 2 aliphatic rings. The van der Waals surface area contributed by atoms with Crippen LogP contribution in [0, 0.1) is 12.7 Å². The van der Waals surface area contributed by atoms with Crippen LogP contribution in [0.3, 0.4) is 0 Å². The number of nitrogens with one attached hydrogen (secondary N) is 1. The van der Waals surface area contributed by atoms with Crippen molar-refractivity contribution >= 4 is 11.6 Å². The summed E-state index contributed by atoms with van der Waals surface area (Å²) in [5.74, 6) is -0.233. The van der Waals surface area contributed by atoms with Crippen molar-refractivity contribution in [2.24, 2.45) is 0 Å². The molecule has 2 aromatic heterocycles. The molecule has 6 nitrogen and oxygen atoms in total. The summed E-state index contributed by atoms with van der Waals surface area (Å²) in [6.07, 6.45) is 5.09. The smallest absolute Gasteiger partial charge is 0.297 e. The van der Waals surface area contributed by atoms with Crippen molar-refractivity contribution in [2.45, 2.75) is 13.0 Å². The van der Waals surface area contributed by atoms with E-state index in [1.54, 1.807) is 12.5 Å². The fourth-order valence-electron chi connectivity index (χ4n) is 3.94. The van der Waals surface area contributed by atoms with Crippen molar-refractivity contribution in [2.75, 3.05) is 24.5 Å². The fraction of sp³-hybridized carbons (Fsp3) is 0.238. The molecular formula is C21H20FN5O. The van der Waals surface area contributed by atoms with Gasteiger partial charge in [0.25, 0.3) is 6.01 Å². The second-order valence-corrected chi connectivity index (χ2v) is 7.05. The van der Waals surface area contributed by atoms with E-state index in [0.29, 0.717) is 12.6 Å². The molecule has 1 fully saturated rings. The van der Waals surface area contributed by atoms with E-state index in [-0.39, 0.29) is 11.9 Å². The lowest BCUT2D eigenvalue weighted by Crippen LogP contribution is -2.47. The molecule has 142 valence electrons. The summed E-state index contributed by atoms with van der Waals surface area (Å²) < 4.78 is 19.0. The minimum absolute atomic E-state index is 0.0538. The Bertz CT molecular complexity index is 1020. The first-order valence-electron chi connectivity index (χ1n) is 9.29. The van der Waals surface area contributed by atoms with E-state index in [4.69, 9.17) is 4.42 Å². The van der Waals surface area contributed by atoms with Crippen LogP contribution in [-0.2, 0) is 0 Å². The third-order valence-corrected chi connectivity index (χ3v) is 5.25. The molecule has 28 heavy (non-hydrogen) atoms. The maximum atomic E-state index is 13.5. The Morgan fingerprint density at radius 2 is 1.96 bits per heavy atom. The Morgan fingerprint density at radius 3 is 2.71 bits per heavy atom. The molecule has 1 saturated heterocycles. The van der Waals surface area contributed by atoms with Gasteiger partial charge in [-0.15, -0.1) is 0 Å². The number of oxazole rings is 1. The highest BCUT2D eigenvalue weighted by molar-refractivity contribution is 5.76. The number of nitrogens with zero attached hydrogens (tertiary/aromatic N) is 4. The summed E-state index contributed by atoms with van der Waals surface area (Å²) in [4.78, 5) is 10.8. The third kappa shape index (κ3) is 2.93. The first-order chi connectivity index (χ1) is 13.7. The number of rotatable bonds is 3. The van der Waals surface area contributed by atoms with Gasteiger partial charge in [-0.2, -0.15) is 0 Å². The quantitative estimate of drug-likeness (QED) is 0.756. The lowest BCUT2D eigenvalue weighted by Gasteiger charge is -2.34. The molecule has 0 saturated carbocycles. The second-order valence-electron chi connectivity index (χ2n) is 7.05. The molecule has 0 bridgehead atoms. The van der Waals surface area contributed by atoms with Crippen LogP contribution in [0.1, 0.15) is 22.9 Å². The highest BCUT2D eigenvalue weighted by Gasteiger charge is 2.37. The number of halogens is 1. The Kier molecular flexibility index (Phi) is 4.09. The number of hydrogen-bond acceptors (Lipinski definition) is 6. The van der Waals surface area contributed by atoms with Crippen molar-refractivity contribution < 1.29 is 8.81 Å². The van der Waals surface area contributed by atoms with E-state index in [9.17, 15) is 4.39 Å². The molecule has 1 atom stereocenters. The van der Waals surface area contributed by atoms with Crippen molar-refractivity contribution in [3.63, 3.8) is 0 Å². The van der Waals surface area contributed by atoms with Gasteiger partial charge in [-0.05, 0) is 42.3 Å². The predicted molar refractivity (Wildman–Crippen MR) is 104 cm³/mol. The highest BCUT2D eigenvalue weighted by Crippen LogP contribution is 2.40. The minimum Gasteiger partial charge on any atom is -0.432 e. The Balaban J connectivity index is 1.60. The van der Waals surface area contributed by atoms with Gasteiger partial charge in [0.15, 0.2) is 0 Å². The second kappa shape index (κ2) is 6.76. The molecule has 0 spiro atoms. The number of benzene rings is 1. The number of pyridine rings is 1. The van der Waals surface area contributed by atoms with E-state index in [1.807, 2.05) is 31.3 Å². The van der Waals surface area contributed by atoms with E-state index < -0.39 is 0 Å². The molecule has 0 amide bonds. The van der Waals surface area contributed by atoms with Crippen molar-refractivity contribution in [3.8, 4) is 0 Å². The number of hydrazine groups is 1. The van der Waals surface area contributed by atoms with Crippen LogP contribution < -0.4 is 10.3 Å². The van der Waals surface area contributed by atoms with Crippen LogP contribution in [0.5, 0.6) is 0 Å². The number of aromatic nitrogens is 2. The summed E-state index contributed by atoms with van der Waals surface area (Å²) >= 11 is 0. The lowest BCUT2D eigenvalue weighted by atomic mass is 9.92. The molecule has 4 heterocycles. The van der Waals surface area contributed by atoms with Gasteiger partial charge in [0.2, 0.25) is 0 Å². The normalized spacial score (nSPS) is 19.3. The topological polar surface area (TPSA) is 57.4 Å². The third-order valence-electron chi connectivity index (χ3n) is 5.25. The summed E-state index contributed by atoms with van der Waals surface area (Å²) in [5, 5.41) is 2.19. The monoisotopic (exact) mass is 377 g/mol. The van der Waals surface area contributed by atoms with Crippen LogP contribution in [-0.4, -0.2) is 34.6 Å². The largest absolute Gasteiger partial charge is 0.432 e. The maximum absolute atomic E-state index is 13.5. The predicted octanol–water partition coefficient (Wildman–Crippen LogP) is 3.31. The van der Waals surface area contributed by atoms with E-state index in [2.05, 4.69) is 31.4 Å². The highest BCUT2D eigenvalue weighted by atomic mass is 19.1. The van der Waals surface area contributed by atoms with Gasteiger partial charge in [0, 0.05) is 24.0 Å². The number of aryl methyl sites for hydroxylation is 1. The van der Waals surface area contributed by atoms with Crippen LogP contribution in [0.15, 0.2) is 65.2 Å². The average Bonchev–Trinajstić information content (AvgIpc) is 3.36. The maximum Gasteiger partial charge on any atom is 0.297 e. The molecule has 3 aromatic rings. The first-order valence-corrected chi connectivity index (χ1v) is 9.29. The van der Waals surface area contributed by atoms with Crippen molar-refractivity contribution in [1.82, 2.24) is 20.4 Å². The van der Waals surface area contributed by atoms with Gasteiger partial charge in [0.1, 0.15) is 12.1 Å². The Labute approximate surface area is 162 Å². The van der Waals surface area contributed by atoms with Gasteiger partial charge in [-0.25, -0.2) is 14.8 Å². The van der Waals surface area contributed by atoms with Crippen LogP contribution in [0.25, 0.3) is 5.57 Å². The van der Waals surface area contributed by atoms with Crippen LogP contribution in [0.4, 0.5) is 10.4 Å². The first kappa shape index (κ1) is 16.9. The lowest BCUT2D eigenvalue weighted by molar-refractivity contribution is 0.237. The zero-order valence-corrected chi connectivity index (χ0v) is 15.5. The molecule has 0 aliphatic carbocycles. The zero-order chi connectivity index (χ0) is 19.1. The fourth-order valence-corrected chi connectivity index (χ4v) is 3.94. The molecule has 1 aromatic carbocycles. The SMILES string of the molecule is Cc1cc(C2=C3CN(c4ncco4)CCN3NC2c2ccc(F)cc2)ccn1. The summed E-state index contributed by atoms with van der Waals surface area (Å²) in [5.41, 5.74) is 9.04. The standard InChI is InChI=1S/C21H20FN5O/c1-14-12-16(6-7-23-14)19-18-13-26(21-24-8-11-28-21)9-10-27(18)25-20(19)15-2-4-17(22)5-3-15/h2-8,11-12,20,25H,9-10,13H2,1H3. The minimum atomic E-state index is -0.233. The average molecular weight is 377 g/mol. The number of anilines is 1. The molecule has 1 unspecified atom stereocenters. The number of piperazine rings is 1. The van der Waals surface area contributed by atoms with Crippen molar-refractivity contribution in [1.29, 1.82) is 0 Å². The summed E-state index contributed by atoms with van der Waals surface area (Å²) in [7, 11) is 0. The summed E-state index contributed by atoms with van der Waals surface area (Å²) in [6.45, 7) is 4.27. The Hall–Kier alpha value is -3.19. The van der Waals surface area contributed by atoms with Gasteiger partial charge in [-0.1, -0.05) is 12.1 Å². The Morgan fingerprint density at radius 1 is 1.11 bits per heavy atom. The van der Waals surface area contributed by atoms with Gasteiger partial charge >= 0.3 is 0 Å². The molecular weight excluding hydrogens is 357 g/mol. The number of fused-ring (bicyclic) bond motifs is 1. The molecule has 2 aliphatic heterocycles. The molecule has 7 heteroatoms. The molecule has 0 radical (unpaired) electrons. The zero-order valence-electron chi connectivity index (χ0n) is 15.5. The number of hydrogen-bond donors (Lipinski definition) is 1. The molecule has 5 rings (SSSR count). The van der Waals surface area contributed by atoms with E-state index in [0.717, 1.165) is 29.9 Å². The van der Waals surface area contributed by atoms with Gasteiger partial charge in [-0.3, -0.25) is 4.98 Å². The van der Waals surface area contributed by atoms with Crippen LogP contribution in [0.2, 0.25) is 0 Å². The van der Waals surface area contributed by atoms with E-state index >= 15 is 0 Å². The molecule has 1 N–H and O–H groups in total. The van der Waals surface area contributed by atoms with Gasteiger partial charge < -0.3 is 14.3 Å². The summed E-state index contributed by atoms with van der Waals surface area (Å²) in [6, 6.07) is 11.4.